The Labute approximate surface area is 114 Å². The van der Waals surface area contributed by atoms with Crippen molar-refractivity contribution < 1.29 is 9.90 Å². The number of aryl methyl sites for hydroxylation is 3. The van der Waals surface area contributed by atoms with Gasteiger partial charge < -0.3 is 5.11 Å². The summed E-state index contributed by atoms with van der Waals surface area (Å²) in [5.41, 5.74) is 2.62. The minimum Gasteiger partial charge on any atom is -0.478 e. The quantitative estimate of drug-likeness (QED) is 0.768. The molecule has 0 aliphatic carbocycles. The highest BCUT2D eigenvalue weighted by atomic mass is 16.4. The van der Waals surface area contributed by atoms with Crippen LogP contribution in [-0.2, 0) is 20.0 Å². The third kappa shape index (κ3) is 2.25. The normalized spacial score (nSPS) is 11.1. The molecule has 3 aromatic rings. The Morgan fingerprint density at radius 1 is 1.35 bits per heavy atom. The molecule has 0 radical (unpaired) electrons. The molecular weight excluding hydrogens is 258 g/mol. The fourth-order valence-corrected chi connectivity index (χ4v) is 2.09. The molecule has 0 fully saturated rings. The lowest BCUT2D eigenvalue weighted by Crippen LogP contribution is -2.04. The summed E-state index contributed by atoms with van der Waals surface area (Å²) >= 11 is 0. The Bertz CT molecular complexity index is 774. The highest BCUT2D eigenvalue weighted by Gasteiger charge is 2.09. The van der Waals surface area contributed by atoms with Crippen LogP contribution in [-0.4, -0.2) is 35.9 Å². The van der Waals surface area contributed by atoms with Crippen molar-refractivity contribution in [3.05, 3.63) is 41.7 Å². The van der Waals surface area contributed by atoms with Gasteiger partial charge in [0.05, 0.1) is 16.8 Å². The van der Waals surface area contributed by atoms with Gasteiger partial charge in [-0.3, -0.25) is 4.68 Å². The summed E-state index contributed by atoms with van der Waals surface area (Å²) < 4.78 is 3.52. The summed E-state index contributed by atoms with van der Waals surface area (Å²) in [7, 11) is 1.88. The minimum atomic E-state index is -0.963. The number of rotatable bonds is 4. The van der Waals surface area contributed by atoms with Crippen LogP contribution >= 0.6 is 0 Å². The van der Waals surface area contributed by atoms with E-state index in [-0.39, 0.29) is 5.56 Å². The molecule has 7 nitrogen and oxygen atoms in total. The van der Waals surface area contributed by atoms with Gasteiger partial charge in [-0.1, -0.05) is 5.21 Å². The fourth-order valence-electron chi connectivity index (χ4n) is 2.09. The Hall–Kier alpha value is -2.70. The lowest BCUT2D eigenvalue weighted by Gasteiger charge is -2.00. The van der Waals surface area contributed by atoms with Crippen molar-refractivity contribution in [3.8, 4) is 0 Å². The zero-order valence-electron chi connectivity index (χ0n) is 10.9. The first-order valence-electron chi connectivity index (χ1n) is 6.18. The standard InChI is InChI=1S/C13H13N5O2/c1-17-6-4-10(15-17)5-7-18-12-3-2-9(13(19)20)8-11(12)14-16-18/h2-4,6,8H,5,7H2,1H3,(H,19,20). The van der Waals surface area contributed by atoms with Crippen LogP contribution in [0.1, 0.15) is 16.1 Å². The third-order valence-electron chi connectivity index (χ3n) is 3.11. The molecule has 1 aromatic carbocycles. The number of hydrogen-bond donors (Lipinski definition) is 1. The summed E-state index contributed by atoms with van der Waals surface area (Å²) in [5.74, 6) is -0.963. The molecule has 0 atom stereocenters. The van der Waals surface area contributed by atoms with Gasteiger partial charge in [-0.15, -0.1) is 5.10 Å². The van der Waals surface area contributed by atoms with Crippen molar-refractivity contribution >= 4 is 17.0 Å². The highest BCUT2D eigenvalue weighted by molar-refractivity contribution is 5.92. The van der Waals surface area contributed by atoms with E-state index in [1.54, 1.807) is 21.5 Å². The van der Waals surface area contributed by atoms with E-state index in [9.17, 15) is 4.79 Å². The van der Waals surface area contributed by atoms with E-state index in [1.807, 2.05) is 19.3 Å². The maximum absolute atomic E-state index is 10.9. The van der Waals surface area contributed by atoms with Crippen LogP contribution < -0.4 is 0 Å². The van der Waals surface area contributed by atoms with E-state index in [1.165, 1.54) is 6.07 Å². The number of aromatic carboxylic acids is 1. The van der Waals surface area contributed by atoms with E-state index >= 15 is 0 Å². The van der Waals surface area contributed by atoms with Gasteiger partial charge in [0.25, 0.3) is 0 Å². The molecule has 0 aliphatic heterocycles. The maximum atomic E-state index is 10.9. The van der Waals surface area contributed by atoms with Gasteiger partial charge in [-0.25, -0.2) is 9.48 Å². The van der Waals surface area contributed by atoms with Crippen LogP contribution in [0.4, 0.5) is 0 Å². The summed E-state index contributed by atoms with van der Waals surface area (Å²) in [6.45, 7) is 0.653. The van der Waals surface area contributed by atoms with E-state index in [0.29, 0.717) is 12.1 Å². The van der Waals surface area contributed by atoms with Gasteiger partial charge >= 0.3 is 5.97 Å². The van der Waals surface area contributed by atoms with Crippen LogP contribution in [0.25, 0.3) is 11.0 Å². The summed E-state index contributed by atoms with van der Waals surface area (Å²) in [6.07, 6.45) is 2.65. The van der Waals surface area contributed by atoms with Crippen molar-refractivity contribution in [2.24, 2.45) is 7.05 Å². The van der Waals surface area contributed by atoms with Gasteiger partial charge in [0.15, 0.2) is 0 Å². The molecular formula is C13H13N5O2. The molecule has 3 rings (SSSR count). The monoisotopic (exact) mass is 271 g/mol. The highest BCUT2D eigenvalue weighted by Crippen LogP contribution is 2.14. The van der Waals surface area contributed by atoms with Gasteiger partial charge in [-0.2, -0.15) is 5.10 Å². The second-order valence-electron chi connectivity index (χ2n) is 4.55. The van der Waals surface area contributed by atoms with Crippen molar-refractivity contribution in [2.75, 3.05) is 0 Å². The van der Waals surface area contributed by atoms with Gasteiger partial charge in [0.1, 0.15) is 5.52 Å². The second-order valence-corrected chi connectivity index (χ2v) is 4.55. The molecule has 0 spiro atoms. The zero-order valence-corrected chi connectivity index (χ0v) is 10.9. The molecule has 2 aromatic heterocycles. The lowest BCUT2D eigenvalue weighted by atomic mass is 10.2. The van der Waals surface area contributed by atoms with Gasteiger partial charge in [0.2, 0.25) is 0 Å². The lowest BCUT2D eigenvalue weighted by molar-refractivity contribution is 0.0697. The molecule has 1 N–H and O–H groups in total. The average Bonchev–Trinajstić information content (AvgIpc) is 3.02. The predicted octanol–water partition coefficient (Wildman–Crippen LogP) is 1.11. The first-order valence-corrected chi connectivity index (χ1v) is 6.18. The molecule has 0 saturated heterocycles. The van der Waals surface area contributed by atoms with E-state index in [2.05, 4.69) is 15.4 Å². The molecule has 0 aliphatic rings. The Morgan fingerprint density at radius 2 is 2.20 bits per heavy atom. The zero-order chi connectivity index (χ0) is 14.1. The predicted molar refractivity (Wildman–Crippen MR) is 71.4 cm³/mol. The largest absolute Gasteiger partial charge is 0.478 e. The summed E-state index contributed by atoms with van der Waals surface area (Å²) in [5, 5.41) is 21.3. The number of benzene rings is 1. The molecule has 0 saturated carbocycles. The Kier molecular flexibility index (Phi) is 2.94. The third-order valence-corrected chi connectivity index (χ3v) is 3.11. The van der Waals surface area contributed by atoms with Crippen molar-refractivity contribution in [1.82, 2.24) is 24.8 Å². The van der Waals surface area contributed by atoms with Crippen LogP contribution in [0.3, 0.4) is 0 Å². The number of aromatic nitrogens is 5. The fraction of sp³-hybridized carbons (Fsp3) is 0.231. The molecule has 0 unspecified atom stereocenters. The van der Waals surface area contributed by atoms with Crippen LogP contribution in [0.2, 0.25) is 0 Å². The number of carboxylic acid groups (broad SMARTS) is 1. The van der Waals surface area contributed by atoms with Crippen molar-refractivity contribution in [1.29, 1.82) is 0 Å². The van der Waals surface area contributed by atoms with E-state index in [0.717, 1.165) is 17.6 Å². The van der Waals surface area contributed by atoms with Gasteiger partial charge in [-0.05, 0) is 24.3 Å². The van der Waals surface area contributed by atoms with Crippen LogP contribution in [0.5, 0.6) is 0 Å². The Balaban J connectivity index is 1.83. The molecule has 0 bridgehead atoms. The van der Waals surface area contributed by atoms with Crippen LogP contribution in [0.15, 0.2) is 30.5 Å². The van der Waals surface area contributed by atoms with E-state index < -0.39 is 5.97 Å². The Morgan fingerprint density at radius 3 is 2.90 bits per heavy atom. The molecule has 20 heavy (non-hydrogen) atoms. The van der Waals surface area contributed by atoms with Gasteiger partial charge in [0, 0.05) is 26.2 Å². The summed E-state index contributed by atoms with van der Waals surface area (Å²) in [6, 6.07) is 6.78. The maximum Gasteiger partial charge on any atom is 0.335 e. The van der Waals surface area contributed by atoms with Crippen LogP contribution in [0, 0.1) is 0 Å². The second kappa shape index (κ2) is 4.76. The number of fused-ring (bicyclic) bond motifs is 1. The topological polar surface area (TPSA) is 85.8 Å². The number of hydrogen-bond acceptors (Lipinski definition) is 4. The first-order chi connectivity index (χ1) is 9.63. The molecule has 2 heterocycles. The minimum absolute atomic E-state index is 0.217. The van der Waals surface area contributed by atoms with E-state index in [4.69, 9.17) is 5.11 Å². The number of nitrogens with zero attached hydrogens (tertiary/aromatic N) is 5. The molecule has 7 heteroatoms. The SMILES string of the molecule is Cn1ccc(CCn2nnc3cc(C(=O)O)ccc32)n1. The number of carbonyl (C=O) groups is 1. The smallest absolute Gasteiger partial charge is 0.335 e. The summed E-state index contributed by atoms with van der Waals surface area (Å²) in [4.78, 5) is 10.9. The first kappa shape index (κ1) is 12.3. The molecule has 102 valence electrons. The number of carboxylic acids is 1. The van der Waals surface area contributed by atoms with Crippen molar-refractivity contribution in [2.45, 2.75) is 13.0 Å². The van der Waals surface area contributed by atoms with Crippen molar-refractivity contribution in [3.63, 3.8) is 0 Å². The molecule has 0 amide bonds. The average molecular weight is 271 g/mol.